The van der Waals surface area contributed by atoms with Crippen LogP contribution in [0.15, 0.2) is 12.4 Å². The number of fused-ring (bicyclic) bond motifs is 2. The van der Waals surface area contributed by atoms with Gasteiger partial charge in [-0.15, -0.1) is 0 Å². The van der Waals surface area contributed by atoms with Gasteiger partial charge in [-0.1, -0.05) is 26.0 Å². The van der Waals surface area contributed by atoms with Crippen molar-refractivity contribution in [3.05, 3.63) is 23.1 Å². The van der Waals surface area contributed by atoms with Gasteiger partial charge in [-0.05, 0) is 17.3 Å². The molecule has 2 atom stereocenters. The molecule has 0 spiro atoms. The van der Waals surface area contributed by atoms with Gasteiger partial charge in [0, 0.05) is 12.4 Å². The Morgan fingerprint density at radius 3 is 1.92 bits per heavy atom. The summed E-state index contributed by atoms with van der Waals surface area (Å²) in [6, 6.07) is 0. The minimum absolute atomic E-state index is 0.433. The monoisotopic (exact) mass is 172 g/mol. The summed E-state index contributed by atoms with van der Waals surface area (Å²) >= 11 is 0. The molecule has 1 fully saturated rings. The zero-order chi connectivity index (χ0) is 9.05. The number of hydrogen-bond acceptors (Lipinski definition) is 2. The van der Waals surface area contributed by atoms with Crippen LogP contribution in [0.25, 0.3) is 12.2 Å². The Hall–Kier alpha value is -1.18. The van der Waals surface area contributed by atoms with Gasteiger partial charge >= 0.3 is 0 Å². The van der Waals surface area contributed by atoms with E-state index >= 15 is 0 Å². The third-order valence-corrected chi connectivity index (χ3v) is 3.43. The number of nitrogens with zero attached hydrogens (tertiary/aromatic N) is 2. The Bertz CT molecular complexity index is 430. The second-order valence-corrected chi connectivity index (χ2v) is 4.53. The second-order valence-electron chi connectivity index (χ2n) is 4.53. The predicted molar refractivity (Wildman–Crippen MR) is 51.0 cm³/mol. The van der Waals surface area contributed by atoms with Crippen molar-refractivity contribution in [2.75, 3.05) is 0 Å². The van der Waals surface area contributed by atoms with Crippen molar-refractivity contribution in [2.24, 2.45) is 17.3 Å². The molecule has 1 aromatic heterocycles. The maximum Gasteiger partial charge on any atom is 0.0847 e. The van der Waals surface area contributed by atoms with Crippen LogP contribution in [0.2, 0.25) is 0 Å². The Morgan fingerprint density at radius 1 is 1.00 bits per heavy atom. The van der Waals surface area contributed by atoms with E-state index in [-0.39, 0.29) is 0 Å². The molecule has 0 amide bonds. The molecule has 0 radical (unpaired) electrons. The minimum atomic E-state index is 0.433. The van der Waals surface area contributed by atoms with Crippen LogP contribution in [0.1, 0.15) is 13.8 Å². The molecule has 13 heavy (non-hydrogen) atoms. The fourth-order valence-electron chi connectivity index (χ4n) is 2.31. The van der Waals surface area contributed by atoms with Crippen molar-refractivity contribution < 1.29 is 0 Å². The molecular weight excluding hydrogens is 160 g/mol. The Balaban J connectivity index is 2.27. The van der Waals surface area contributed by atoms with E-state index in [0.29, 0.717) is 17.3 Å². The van der Waals surface area contributed by atoms with Crippen LogP contribution in [-0.2, 0) is 0 Å². The molecule has 0 saturated heterocycles. The molecule has 1 heterocycles. The van der Waals surface area contributed by atoms with Gasteiger partial charge in [0.2, 0.25) is 0 Å². The van der Waals surface area contributed by atoms with Crippen LogP contribution < -0.4 is 10.7 Å². The van der Waals surface area contributed by atoms with Gasteiger partial charge in [0.1, 0.15) is 0 Å². The van der Waals surface area contributed by atoms with Crippen molar-refractivity contribution in [1.29, 1.82) is 0 Å². The van der Waals surface area contributed by atoms with Crippen molar-refractivity contribution in [3.8, 4) is 0 Å². The highest BCUT2D eigenvalue weighted by molar-refractivity contribution is 5.50. The standard InChI is InChI=1S/C11H12N2/c1-11(2)7-5-9-10(6-8(7)11)13-4-3-12-9/h3-8H,1-2H3. The Kier molecular flexibility index (Phi) is 1.12. The first-order valence-corrected chi connectivity index (χ1v) is 4.70. The quantitative estimate of drug-likeness (QED) is 0.563. The minimum Gasteiger partial charge on any atom is -0.253 e. The SMILES string of the molecule is CC1(C)C2C=c3nccnc3=CC21. The first-order chi connectivity index (χ1) is 6.19. The summed E-state index contributed by atoms with van der Waals surface area (Å²) in [5.41, 5.74) is 0.433. The van der Waals surface area contributed by atoms with Crippen molar-refractivity contribution in [1.82, 2.24) is 9.97 Å². The lowest BCUT2D eigenvalue weighted by Gasteiger charge is -1.94. The highest BCUT2D eigenvalue weighted by Gasteiger charge is 2.55. The van der Waals surface area contributed by atoms with Gasteiger partial charge in [0.25, 0.3) is 0 Å². The average Bonchev–Trinajstić information content (AvgIpc) is 2.66. The lowest BCUT2D eigenvalue weighted by Crippen LogP contribution is -2.32. The van der Waals surface area contributed by atoms with Crippen molar-refractivity contribution in [3.63, 3.8) is 0 Å². The van der Waals surface area contributed by atoms with Crippen LogP contribution in [0.4, 0.5) is 0 Å². The fourth-order valence-corrected chi connectivity index (χ4v) is 2.31. The van der Waals surface area contributed by atoms with Gasteiger partial charge in [0.15, 0.2) is 0 Å². The summed E-state index contributed by atoms with van der Waals surface area (Å²) in [5, 5.41) is 2.13. The summed E-state index contributed by atoms with van der Waals surface area (Å²) in [5.74, 6) is 1.38. The molecule has 0 aliphatic heterocycles. The predicted octanol–water partition coefficient (Wildman–Crippen LogP) is 0.323. The van der Waals surface area contributed by atoms with Crippen molar-refractivity contribution >= 4 is 12.2 Å². The van der Waals surface area contributed by atoms with E-state index in [2.05, 4.69) is 36.0 Å². The van der Waals surface area contributed by atoms with Crippen LogP contribution in [0.5, 0.6) is 0 Å². The summed E-state index contributed by atoms with van der Waals surface area (Å²) in [6.07, 6.45) is 8.07. The van der Waals surface area contributed by atoms with E-state index in [1.807, 2.05) is 0 Å². The second kappa shape index (κ2) is 2.00. The summed E-state index contributed by atoms with van der Waals surface area (Å²) < 4.78 is 0. The first kappa shape index (κ1) is 7.25. The van der Waals surface area contributed by atoms with Crippen LogP contribution in [0.3, 0.4) is 0 Å². The maximum absolute atomic E-state index is 4.31. The van der Waals surface area contributed by atoms with Gasteiger partial charge in [-0.25, -0.2) is 0 Å². The number of rotatable bonds is 0. The van der Waals surface area contributed by atoms with E-state index in [9.17, 15) is 0 Å². The lowest BCUT2D eigenvalue weighted by atomic mass is 10.1. The number of hydrogen-bond donors (Lipinski definition) is 0. The molecule has 2 unspecified atom stereocenters. The summed E-state index contributed by atoms with van der Waals surface area (Å²) in [4.78, 5) is 8.63. The topological polar surface area (TPSA) is 25.8 Å². The molecule has 2 aliphatic carbocycles. The lowest BCUT2D eigenvalue weighted by molar-refractivity contribution is 0.600. The van der Waals surface area contributed by atoms with Crippen molar-refractivity contribution in [2.45, 2.75) is 13.8 Å². The first-order valence-electron chi connectivity index (χ1n) is 4.70. The molecule has 3 rings (SSSR count). The van der Waals surface area contributed by atoms with Gasteiger partial charge in [0.05, 0.1) is 10.7 Å². The van der Waals surface area contributed by atoms with E-state index < -0.39 is 0 Å². The molecular formula is C11H12N2. The fraction of sp³-hybridized carbons (Fsp3) is 0.455. The van der Waals surface area contributed by atoms with Crippen LogP contribution in [-0.4, -0.2) is 9.97 Å². The molecule has 2 nitrogen and oxygen atoms in total. The Morgan fingerprint density at radius 2 is 1.46 bits per heavy atom. The normalized spacial score (nSPS) is 32.2. The smallest absolute Gasteiger partial charge is 0.0847 e. The van der Waals surface area contributed by atoms with Gasteiger partial charge < -0.3 is 0 Å². The zero-order valence-electron chi connectivity index (χ0n) is 7.86. The highest BCUT2D eigenvalue weighted by atomic mass is 14.8. The molecule has 0 bridgehead atoms. The van der Waals surface area contributed by atoms with E-state index in [4.69, 9.17) is 0 Å². The largest absolute Gasteiger partial charge is 0.253 e. The third kappa shape index (κ3) is 0.831. The van der Waals surface area contributed by atoms with Crippen LogP contribution in [0, 0.1) is 17.3 Å². The van der Waals surface area contributed by atoms with E-state index in [0.717, 1.165) is 10.7 Å². The summed E-state index contributed by atoms with van der Waals surface area (Å²) in [7, 11) is 0. The van der Waals surface area contributed by atoms with Gasteiger partial charge in [-0.3, -0.25) is 9.97 Å². The molecule has 1 aromatic rings. The van der Waals surface area contributed by atoms with Crippen LogP contribution >= 0.6 is 0 Å². The maximum atomic E-state index is 4.31. The Labute approximate surface area is 77.0 Å². The van der Waals surface area contributed by atoms with E-state index in [1.54, 1.807) is 12.4 Å². The van der Waals surface area contributed by atoms with Gasteiger partial charge in [-0.2, -0.15) is 0 Å². The molecule has 1 saturated carbocycles. The molecule has 2 heteroatoms. The summed E-state index contributed by atoms with van der Waals surface area (Å²) in [6.45, 7) is 4.61. The third-order valence-electron chi connectivity index (χ3n) is 3.43. The molecule has 0 N–H and O–H groups in total. The zero-order valence-corrected chi connectivity index (χ0v) is 7.86. The number of aromatic nitrogens is 2. The highest BCUT2D eigenvalue weighted by Crippen LogP contribution is 2.60. The molecule has 66 valence electrons. The van der Waals surface area contributed by atoms with E-state index in [1.165, 1.54) is 0 Å². The average molecular weight is 172 g/mol. The molecule has 2 aliphatic rings. The molecule has 0 aromatic carbocycles.